The number of fused-ring (bicyclic) bond motifs is 3. The van der Waals surface area contributed by atoms with Crippen LogP contribution in [0.5, 0.6) is 0 Å². The third kappa shape index (κ3) is 1.53. The highest BCUT2D eigenvalue weighted by atomic mass is 15.0. The minimum Gasteiger partial charge on any atom is -0.333 e. The van der Waals surface area contributed by atoms with Crippen molar-refractivity contribution in [2.24, 2.45) is 7.05 Å². The van der Waals surface area contributed by atoms with Crippen LogP contribution in [0.4, 0.5) is 0 Å². The van der Waals surface area contributed by atoms with Gasteiger partial charge in [-0.05, 0) is 6.07 Å². The average Bonchev–Trinajstić information content (AvgIpc) is 2.90. The van der Waals surface area contributed by atoms with E-state index in [1.807, 2.05) is 49.8 Å². The van der Waals surface area contributed by atoms with Crippen LogP contribution in [-0.4, -0.2) is 14.5 Å². The summed E-state index contributed by atoms with van der Waals surface area (Å²) < 4.78 is 2.06. The molecule has 3 heteroatoms. The second-order valence-electron chi connectivity index (χ2n) is 4.90. The van der Waals surface area contributed by atoms with Crippen LogP contribution < -0.4 is 0 Å². The molecule has 0 unspecified atom stereocenters. The standard InChI is InChI=1S/C17H13N3/c1-20-11-18-16-15(12-7-3-2-4-8-12)19-14-10-6-5-9-13(14)17(16)20/h2-11H,1H3. The van der Waals surface area contributed by atoms with Gasteiger partial charge in [0.05, 0.1) is 23.1 Å². The summed E-state index contributed by atoms with van der Waals surface area (Å²) >= 11 is 0. The molecule has 3 nitrogen and oxygen atoms in total. The van der Waals surface area contributed by atoms with Crippen LogP contribution in [-0.2, 0) is 7.05 Å². The lowest BCUT2D eigenvalue weighted by atomic mass is 10.1. The van der Waals surface area contributed by atoms with Crippen molar-refractivity contribution in [1.82, 2.24) is 14.5 Å². The molecule has 0 aliphatic heterocycles. The van der Waals surface area contributed by atoms with E-state index >= 15 is 0 Å². The fraction of sp³-hybridized carbons (Fsp3) is 0.0588. The van der Waals surface area contributed by atoms with Gasteiger partial charge in [-0.2, -0.15) is 0 Å². The Morgan fingerprint density at radius 1 is 0.900 bits per heavy atom. The third-order valence-electron chi connectivity index (χ3n) is 3.60. The number of pyridine rings is 1. The lowest BCUT2D eigenvalue weighted by molar-refractivity contribution is 0.951. The minimum atomic E-state index is 0.944. The number of aryl methyl sites for hydroxylation is 1. The zero-order chi connectivity index (χ0) is 13.5. The van der Waals surface area contributed by atoms with Crippen molar-refractivity contribution in [1.29, 1.82) is 0 Å². The number of nitrogens with zero attached hydrogens (tertiary/aromatic N) is 3. The highest BCUT2D eigenvalue weighted by molar-refractivity contribution is 6.07. The van der Waals surface area contributed by atoms with Crippen LogP contribution in [0.25, 0.3) is 33.2 Å². The highest BCUT2D eigenvalue weighted by Crippen LogP contribution is 2.30. The van der Waals surface area contributed by atoms with Gasteiger partial charge in [0.2, 0.25) is 0 Å². The summed E-state index contributed by atoms with van der Waals surface area (Å²) in [6, 6.07) is 18.4. The van der Waals surface area contributed by atoms with E-state index in [0.717, 1.165) is 33.2 Å². The Labute approximate surface area is 116 Å². The summed E-state index contributed by atoms with van der Waals surface area (Å²) in [5, 5.41) is 1.14. The Kier molecular flexibility index (Phi) is 2.33. The quantitative estimate of drug-likeness (QED) is 0.520. The number of aromatic nitrogens is 3. The SMILES string of the molecule is Cn1cnc2c(-c3ccccc3)nc3ccccc3c21. The summed E-state index contributed by atoms with van der Waals surface area (Å²) in [6.45, 7) is 0. The topological polar surface area (TPSA) is 30.7 Å². The zero-order valence-electron chi connectivity index (χ0n) is 11.1. The average molecular weight is 259 g/mol. The first kappa shape index (κ1) is 11.2. The van der Waals surface area contributed by atoms with Crippen LogP contribution in [0.2, 0.25) is 0 Å². The molecule has 0 saturated heterocycles. The van der Waals surface area contributed by atoms with Gasteiger partial charge in [0.25, 0.3) is 0 Å². The van der Waals surface area contributed by atoms with Crippen LogP contribution in [0.1, 0.15) is 0 Å². The number of hydrogen-bond acceptors (Lipinski definition) is 2. The zero-order valence-corrected chi connectivity index (χ0v) is 11.1. The maximum absolute atomic E-state index is 4.81. The van der Waals surface area contributed by atoms with Crippen molar-refractivity contribution in [3.05, 3.63) is 60.9 Å². The maximum Gasteiger partial charge on any atom is 0.115 e. The second kappa shape index (κ2) is 4.17. The molecule has 2 aromatic carbocycles. The van der Waals surface area contributed by atoms with Gasteiger partial charge in [-0.1, -0.05) is 48.5 Å². The predicted octanol–water partition coefficient (Wildman–Crippen LogP) is 3.79. The number of benzene rings is 2. The number of para-hydroxylation sites is 1. The Hall–Kier alpha value is -2.68. The van der Waals surface area contributed by atoms with E-state index in [2.05, 4.69) is 27.8 Å². The molecule has 0 bridgehead atoms. The molecule has 0 atom stereocenters. The van der Waals surface area contributed by atoms with E-state index in [0.29, 0.717) is 0 Å². The number of rotatable bonds is 1. The maximum atomic E-state index is 4.81. The molecule has 0 aliphatic rings. The van der Waals surface area contributed by atoms with E-state index < -0.39 is 0 Å². The molecule has 96 valence electrons. The van der Waals surface area contributed by atoms with Crippen molar-refractivity contribution < 1.29 is 0 Å². The van der Waals surface area contributed by atoms with Crippen molar-refractivity contribution in [2.45, 2.75) is 0 Å². The molecule has 0 aliphatic carbocycles. The molecule has 0 fully saturated rings. The van der Waals surface area contributed by atoms with Gasteiger partial charge in [0.15, 0.2) is 0 Å². The summed E-state index contributed by atoms with van der Waals surface area (Å²) in [5.41, 5.74) is 5.14. The van der Waals surface area contributed by atoms with Crippen LogP contribution in [0.3, 0.4) is 0 Å². The summed E-state index contributed by atoms with van der Waals surface area (Å²) in [5.74, 6) is 0. The molecule has 0 N–H and O–H groups in total. The van der Waals surface area contributed by atoms with E-state index in [1.165, 1.54) is 0 Å². The normalized spacial score (nSPS) is 11.2. The number of imidazole rings is 1. The van der Waals surface area contributed by atoms with Crippen LogP contribution in [0.15, 0.2) is 60.9 Å². The summed E-state index contributed by atoms with van der Waals surface area (Å²) in [7, 11) is 2.02. The van der Waals surface area contributed by atoms with Gasteiger partial charge in [0, 0.05) is 18.0 Å². The lowest BCUT2D eigenvalue weighted by Crippen LogP contribution is -1.91. The van der Waals surface area contributed by atoms with Crippen molar-refractivity contribution in [3.63, 3.8) is 0 Å². The Morgan fingerprint density at radius 3 is 2.50 bits per heavy atom. The van der Waals surface area contributed by atoms with Gasteiger partial charge >= 0.3 is 0 Å². The van der Waals surface area contributed by atoms with E-state index in [9.17, 15) is 0 Å². The highest BCUT2D eigenvalue weighted by Gasteiger charge is 2.13. The van der Waals surface area contributed by atoms with Gasteiger partial charge < -0.3 is 4.57 Å². The first-order chi connectivity index (χ1) is 9.84. The van der Waals surface area contributed by atoms with E-state index in [1.54, 1.807) is 0 Å². The predicted molar refractivity (Wildman–Crippen MR) is 81.5 cm³/mol. The van der Waals surface area contributed by atoms with Crippen LogP contribution in [0, 0.1) is 0 Å². The smallest absolute Gasteiger partial charge is 0.115 e. The van der Waals surface area contributed by atoms with E-state index in [4.69, 9.17) is 4.98 Å². The molecule has 0 spiro atoms. The molecule has 2 heterocycles. The van der Waals surface area contributed by atoms with Crippen molar-refractivity contribution >= 4 is 21.9 Å². The molecular formula is C17H13N3. The summed E-state index contributed by atoms with van der Waals surface area (Å²) in [6.07, 6.45) is 1.85. The Morgan fingerprint density at radius 2 is 1.65 bits per heavy atom. The summed E-state index contributed by atoms with van der Waals surface area (Å²) in [4.78, 5) is 9.36. The van der Waals surface area contributed by atoms with Gasteiger partial charge in [-0.25, -0.2) is 9.97 Å². The Bertz CT molecular complexity index is 907. The molecule has 0 saturated carbocycles. The first-order valence-electron chi connectivity index (χ1n) is 6.60. The Balaban J connectivity index is 2.20. The van der Waals surface area contributed by atoms with E-state index in [-0.39, 0.29) is 0 Å². The van der Waals surface area contributed by atoms with Crippen molar-refractivity contribution in [3.8, 4) is 11.3 Å². The molecule has 0 radical (unpaired) electrons. The molecule has 0 amide bonds. The van der Waals surface area contributed by atoms with Gasteiger partial charge in [-0.3, -0.25) is 0 Å². The lowest BCUT2D eigenvalue weighted by Gasteiger charge is -2.07. The fourth-order valence-electron chi connectivity index (χ4n) is 2.66. The first-order valence-corrected chi connectivity index (χ1v) is 6.60. The molecule has 20 heavy (non-hydrogen) atoms. The largest absolute Gasteiger partial charge is 0.333 e. The van der Waals surface area contributed by atoms with Gasteiger partial charge in [0.1, 0.15) is 5.52 Å². The van der Waals surface area contributed by atoms with Gasteiger partial charge in [-0.15, -0.1) is 0 Å². The molecule has 4 aromatic rings. The minimum absolute atomic E-state index is 0.944. The van der Waals surface area contributed by atoms with Crippen LogP contribution >= 0.6 is 0 Å². The van der Waals surface area contributed by atoms with Crippen molar-refractivity contribution in [2.75, 3.05) is 0 Å². The fourth-order valence-corrected chi connectivity index (χ4v) is 2.66. The third-order valence-corrected chi connectivity index (χ3v) is 3.60. The molecule has 4 rings (SSSR count). The molecular weight excluding hydrogens is 246 g/mol. The second-order valence-corrected chi connectivity index (χ2v) is 4.90. The monoisotopic (exact) mass is 259 g/mol. The molecule has 2 aromatic heterocycles. The number of hydrogen-bond donors (Lipinski definition) is 0.